The first-order valence-corrected chi connectivity index (χ1v) is 9.31. The smallest absolute Gasteiger partial charge is 0.223 e. The molecular weight excluding hydrogens is 319 g/mol. The van der Waals surface area contributed by atoms with Gasteiger partial charge in [0.05, 0.1) is 18.8 Å². The van der Waals surface area contributed by atoms with E-state index in [-0.39, 0.29) is 29.8 Å². The van der Waals surface area contributed by atoms with Gasteiger partial charge in [-0.3, -0.25) is 4.79 Å². The molecule has 0 radical (unpaired) electrons. The van der Waals surface area contributed by atoms with E-state index >= 15 is 0 Å². The zero-order valence-electron chi connectivity index (χ0n) is 14.6. The summed E-state index contributed by atoms with van der Waals surface area (Å²) < 4.78 is 20.1. The van der Waals surface area contributed by atoms with Gasteiger partial charge in [0, 0.05) is 30.1 Å². The number of H-pyrrole nitrogens is 1. The van der Waals surface area contributed by atoms with Crippen LogP contribution in [0, 0.1) is 5.82 Å². The van der Waals surface area contributed by atoms with E-state index in [9.17, 15) is 9.18 Å². The summed E-state index contributed by atoms with van der Waals surface area (Å²) in [6.45, 7) is 3.31. The molecule has 1 saturated heterocycles. The summed E-state index contributed by atoms with van der Waals surface area (Å²) in [7, 11) is 0. The first-order valence-electron chi connectivity index (χ1n) is 9.31. The second kappa shape index (κ2) is 6.79. The number of morpholine rings is 1. The normalized spacial score (nSPS) is 25.0. The van der Waals surface area contributed by atoms with Crippen LogP contribution in [0.3, 0.4) is 0 Å². The monoisotopic (exact) mass is 344 g/mol. The van der Waals surface area contributed by atoms with Gasteiger partial charge < -0.3 is 14.6 Å². The summed E-state index contributed by atoms with van der Waals surface area (Å²) in [4.78, 5) is 18.1. The average Bonchev–Trinajstić information content (AvgIpc) is 3.07. The van der Waals surface area contributed by atoms with Crippen LogP contribution in [0.4, 0.5) is 4.39 Å². The fourth-order valence-electron chi connectivity index (χ4n) is 4.45. The molecule has 1 saturated carbocycles. The van der Waals surface area contributed by atoms with Crippen LogP contribution in [0.2, 0.25) is 0 Å². The molecule has 1 aromatic heterocycles. The second-order valence-corrected chi connectivity index (χ2v) is 7.36. The molecular formula is C20H25FN2O2. The standard InChI is InChI=1S/C20H25FN2O2/c1-13(14-12-22-16-6-4-5-15(21)20(14)16)11-19(24)23-9-10-25-18-8-3-2-7-17(18)23/h4-6,12-13,17-18,22H,2-3,7-11H2,1H3. The molecule has 1 aliphatic carbocycles. The van der Waals surface area contributed by atoms with Crippen molar-refractivity contribution in [2.45, 2.75) is 57.1 Å². The summed E-state index contributed by atoms with van der Waals surface area (Å²) in [5.74, 6) is -0.0896. The molecule has 1 aliphatic heterocycles. The minimum absolute atomic E-state index is 0.0250. The van der Waals surface area contributed by atoms with Gasteiger partial charge in [-0.1, -0.05) is 25.8 Å². The van der Waals surface area contributed by atoms with Crippen LogP contribution in [0.15, 0.2) is 24.4 Å². The van der Waals surface area contributed by atoms with Gasteiger partial charge in [0.1, 0.15) is 5.82 Å². The minimum atomic E-state index is -0.230. The largest absolute Gasteiger partial charge is 0.374 e. The third kappa shape index (κ3) is 3.06. The zero-order valence-corrected chi connectivity index (χ0v) is 14.6. The quantitative estimate of drug-likeness (QED) is 0.916. The van der Waals surface area contributed by atoms with Gasteiger partial charge in [0.2, 0.25) is 5.91 Å². The Morgan fingerprint density at radius 2 is 2.24 bits per heavy atom. The summed E-state index contributed by atoms with van der Waals surface area (Å²) in [5, 5.41) is 0.611. The van der Waals surface area contributed by atoms with Crippen LogP contribution in [0.25, 0.3) is 10.9 Å². The van der Waals surface area contributed by atoms with Crippen molar-refractivity contribution in [3.8, 4) is 0 Å². The fourth-order valence-corrected chi connectivity index (χ4v) is 4.45. The Bertz CT molecular complexity index is 770. The molecule has 25 heavy (non-hydrogen) atoms. The number of nitrogens with one attached hydrogen (secondary N) is 1. The number of aromatic amines is 1. The molecule has 1 amide bonds. The molecule has 1 N–H and O–H groups in total. The van der Waals surface area contributed by atoms with Crippen LogP contribution in [-0.2, 0) is 9.53 Å². The van der Waals surface area contributed by atoms with Crippen LogP contribution < -0.4 is 0 Å². The Balaban J connectivity index is 1.51. The van der Waals surface area contributed by atoms with Gasteiger partial charge in [-0.2, -0.15) is 0 Å². The van der Waals surface area contributed by atoms with Gasteiger partial charge in [0.15, 0.2) is 0 Å². The highest BCUT2D eigenvalue weighted by Crippen LogP contribution is 2.32. The maximum absolute atomic E-state index is 14.2. The number of fused-ring (bicyclic) bond motifs is 2. The Morgan fingerprint density at radius 3 is 3.12 bits per heavy atom. The van der Waals surface area contributed by atoms with E-state index < -0.39 is 0 Å². The van der Waals surface area contributed by atoms with Crippen molar-refractivity contribution in [3.05, 3.63) is 35.8 Å². The summed E-state index contributed by atoms with van der Waals surface area (Å²) in [5.41, 5.74) is 1.67. The number of aromatic nitrogens is 1. The molecule has 4 rings (SSSR count). The predicted molar refractivity (Wildman–Crippen MR) is 95.0 cm³/mol. The Morgan fingerprint density at radius 1 is 1.40 bits per heavy atom. The van der Waals surface area contributed by atoms with E-state index in [1.165, 1.54) is 12.5 Å². The van der Waals surface area contributed by atoms with Crippen LogP contribution in [0.5, 0.6) is 0 Å². The highest BCUT2D eigenvalue weighted by atomic mass is 19.1. The SMILES string of the molecule is CC(CC(=O)N1CCOC2CCCCC21)c1c[nH]c2cccc(F)c12. The topological polar surface area (TPSA) is 45.3 Å². The van der Waals surface area contributed by atoms with E-state index in [0.717, 1.165) is 30.3 Å². The molecule has 134 valence electrons. The molecule has 0 bridgehead atoms. The molecule has 2 aliphatic rings. The Labute approximate surface area is 147 Å². The van der Waals surface area contributed by atoms with Crippen molar-refractivity contribution in [2.24, 2.45) is 0 Å². The lowest BCUT2D eigenvalue weighted by molar-refractivity contribution is -0.149. The number of benzene rings is 1. The van der Waals surface area contributed by atoms with Crippen molar-refractivity contribution in [3.63, 3.8) is 0 Å². The number of nitrogens with zero attached hydrogens (tertiary/aromatic N) is 1. The van der Waals surface area contributed by atoms with Gasteiger partial charge >= 0.3 is 0 Å². The number of halogens is 1. The van der Waals surface area contributed by atoms with Crippen LogP contribution in [0.1, 0.15) is 50.5 Å². The highest BCUT2D eigenvalue weighted by molar-refractivity contribution is 5.85. The lowest BCUT2D eigenvalue weighted by atomic mass is 9.89. The van der Waals surface area contributed by atoms with E-state index in [2.05, 4.69) is 4.98 Å². The molecule has 2 aromatic rings. The lowest BCUT2D eigenvalue weighted by Gasteiger charge is -2.44. The molecule has 1 aromatic carbocycles. The average molecular weight is 344 g/mol. The second-order valence-electron chi connectivity index (χ2n) is 7.36. The van der Waals surface area contributed by atoms with E-state index in [1.807, 2.05) is 24.1 Å². The molecule has 0 spiro atoms. The summed E-state index contributed by atoms with van der Waals surface area (Å²) >= 11 is 0. The predicted octanol–water partition coefficient (Wildman–Crippen LogP) is 3.97. The number of hydrogen-bond donors (Lipinski definition) is 1. The first kappa shape index (κ1) is 16.6. The first-order chi connectivity index (χ1) is 12.1. The maximum atomic E-state index is 14.2. The minimum Gasteiger partial charge on any atom is -0.374 e. The number of amides is 1. The maximum Gasteiger partial charge on any atom is 0.223 e. The van der Waals surface area contributed by atoms with E-state index in [1.54, 1.807) is 6.07 Å². The number of carbonyl (C=O) groups is 1. The van der Waals surface area contributed by atoms with Crippen molar-refractivity contribution in [1.29, 1.82) is 0 Å². The molecule has 3 unspecified atom stereocenters. The van der Waals surface area contributed by atoms with Gasteiger partial charge in [0.25, 0.3) is 0 Å². The lowest BCUT2D eigenvalue weighted by Crippen LogP contribution is -2.55. The van der Waals surface area contributed by atoms with Gasteiger partial charge in [-0.05, 0) is 36.5 Å². The highest BCUT2D eigenvalue weighted by Gasteiger charge is 2.37. The molecule has 3 atom stereocenters. The molecule has 4 nitrogen and oxygen atoms in total. The molecule has 5 heteroatoms. The van der Waals surface area contributed by atoms with E-state index in [4.69, 9.17) is 4.74 Å². The van der Waals surface area contributed by atoms with Gasteiger partial charge in [-0.15, -0.1) is 0 Å². The number of ether oxygens (including phenoxy) is 1. The summed E-state index contributed by atoms with van der Waals surface area (Å²) in [6, 6.07) is 5.26. The number of hydrogen-bond acceptors (Lipinski definition) is 2. The van der Waals surface area contributed by atoms with Gasteiger partial charge in [-0.25, -0.2) is 4.39 Å². The third-order valence-electron chi connectivity index (χ3n) is 5.75. The number of rotatable bonds is 3. The Hall–Kier alpha value is -1.88. The third-order valence-corrected chi connectivity index (χ3v) is 5.75. The summed E-state index contributed by atoms with van der Waals surface area (Å²) in [6.07, 6.45) is 6.89. The van der Waals surface area contributed by atoms with E-state index in [0.29, 0.717) is 25.0 Å². The molecule has 2 fully saturated rings. The fraction of sp³-hybridized carbons (Fsp3) is 0.550. The number of carbonyl (C=O) groups excluding carboxylic acids is 1. The van der Waals surface area contributed by atoms with Crippen molar-refractivity contribution >= 4 is 16.8 Å². The van der Waals surface area contributed by atoms with Crippen molar-refractivity contribution in [2.75, 3.05) is 13.2 Å². The Kier molecular flexibility index (Phi) is 4.50. The zero-order chi connectivity index (χ0) is 17.4. The van der Waals surface area contributed by atoms with Crippen molar-refractivity contribution in [1.82, 2.24) is 9.88 Å². The van der Waals surface area contributed by atoms with Crippen LogP contribution >= 0.6 is 0 Å². The molecule has 2 heterocycles. The van der Waals surface area contributed by atoms with Crippen molar-refractivity contribution < 1.29 is 13.9 Å². The van der Waals surface area contributed by atoms with Crippen LogP contribution in [-0.4, -0.2) is 41.1 Å².